The molecule has 0 unspecified atom stereocenters. The second-order valence-corrected chi connectivity index (χ2v) is 6.77. The van der Waals surface area contributed by atoms with E-state index in [9.17, 15) is 0 Å². The standard InChI is InChI=1S/C16H20BrN5/c1-11-5-7-22(8-6-11)16-20-15(10-18-21-16)19-14-4-3-12(2)9-13(14)17/h3-4,9-11H,5-8H2,1-2H3,(H,19,20,21). The van der Waals surface area contributed by atoms with Crippen LogP contribution in [-0.4, -0.2) is 28.3 Å². The Kier molecular flexibility index (Phi) is 4.57. The van der Waals surface area contributed by atoms with Gasteiger partial charge >= 0.3 is 0 Å². The second kappa shape index (κ2) is 6.60. The number of piperidine rings is 1. The van der Waals surface area contributed by atoms with Gasteiger partial charge in [-0.1, -0.05) is 13.0 Å². The zero-order valence-electron chi connectivity index (χ0n) is 12.9. The van der Waals surface area contributed by atoms with Gasteiger partial charge in [0.05, 0.1) is 11.9 Å². The molecular formula is C16H20BrN5. The fourth-order valence-electron chi connectivity index (χ4n) is 2.56. The van der Waals surface area contributed by atoms with Crippen LogP contribution in [0, 0.1) is 12.8 Å². The molecule has 0 saturated carbocycles. The number of anilines is 3. The molecule has 1 saturated heterocycles. The molecule has 22 heavy (non-hydrogen) atoms. The Morgan fingerprint density at radius 1 is 1.27 bits per heavy atom. The van der Waals surface area contributed by atoms with Gasteiger partial charge in [-0.2, -0.15) is 10.1 Å². The molecule has 0 radical (unpaired) electrons. The van der Waals surface area contributed by atoms with E-state index in [0.717, 1.165) is 29.2 Å². The van der Waals surface area contributed by atoms with Gasteiger partial charge in [0, 0.05) is 17.6 Å². The summed E-state index contributed by atoms with van der Waals surface area (Å²) in [6, 6.07) is 6.17. The van der Waals surface area contributed by atoms with Crippen molar-refractivity contribution in [2.45, 2.75) is 26.7 Å². The Morgan fingerprint density at radius 2 is 2.05 bits per heavy atom. The van der Waals surface area contributed by atoms with E-state index in [1.54, 1.807) is 6.20 Å². The number of hydrogen-bond donors (Lipinski definition) is 1. The zero-order chi connectivity index (χ0) is 15.5. The summed E-state index contributed by atoms with van der Waals surface area (Å²) < 4.78 is 1.01. The molecule has 1 aliphatic heterocycles. The zero-order valence-corrected chi connectivity index (χ0v) is 14.5. The van der Waals surface area contributed by atoms with E-state index >= 15 is 0 Å². The van der Waals surface area contributed by atoms with Crippen LogP contribution < -0.4 is 10.2 Å². The molecule has 1 aromatic heterocycles. The number of aryl methyl sites for hydroxylation is 1. The van der Waals surface area contributed by atoms with Gasteiger partial charge < -0.3 is 10.2 Å². The predicted molar refractivity (Wildman–Crippen MR) is 92.6 cm³/mol. The van der Waals surface area contributed by atoms with E-state index in [4.69, 9.17) is 0 Å². The van der Waals surface area contributed by atoms with Crippen LogP contribution in [0.4, 0.5) is 17.5 Å². The molecule has 1 N–H and O–H groups in total. The molecule has 6 heteroatoms. The molecule has 0 bridgehead atoms. The van der Waals surface area contributed by atoms with E-state index in [1.807, 2.05) is 6.07 Å². The first-order chi connectivity index (χ1) is 10.6. The lowest BCUT2D eigenvalue weighted by molar-refractivity contribution is 0.433. The SMILES string of the molecule is Cc1ccc(Nc2cnnc(N3CCC(C)CC3)n2)c(Br)c1. The summed E-state index contributed by atoms with van der Waals surface area (Å²) in [4.78, 5) is 6.81. The summed E-state index contributed by atoms with van der Waals surface area (Å²) in [6.07, 6.45) is 4.03. The lowest BCUT2D eigenvalue weighted by Crippen LogP contribution is -2.34. The van der Waals surface area contributed by atoms with Crippen molar-refractivity contribution in [3.05, 3.63) is 34.4 Å². The van der Waals surface area contributed by atoms with Crippen molar-refractivity contribution in [3.8, 4) is 0 Å². The van der Waals surface area contributed by atoms with Crippen molar-refractivity contribution < 1.29 is 0 Å². The van der Waals surface area contributed by atoms with Crippen molar-refractivity contribution in [1.82, 2.24) is 15.2 Å². The molecule has 3 rings (SSSR count). The fraction of sp³-hybridized carbons (Fsp3) is 0.438. The highest BCUT2D eigenvalue weighted by Crippen LogP contribution is 2.26. The lowest BCUT2D eigenvalue weighted by atomic mass is 10.00. The molecule has 116 valence electrons. The minimum atomic E-state index is 0.708. The van der Waals surface area contributed by atoms with Crippen LogP contribution in [0.2, 0.25) is 0 Å². The average Bonchev–Trinajstić information content (AvgIpc) is 2.51. The van der Waals surface area contributed by atoms with Crippen LogP contribution in [0.5, 0.6) is 0 Å². The molecule has 0 spiro atoms. The molecule has 2 aromatic rings. The van der Waals surface area contributed by atoms with Crippen LogP contribution >= 0.6 is 15.9 Å². The van der Waals surface area contributed by atoms with Crippen LogP contribution in [0.25, 0.3) is 0 Å². The molecule has 1 aromatic carbocycles. The first-order valence-corrected chi connectivity index (χ1v) is 8.39. The van der Waals surface area contributed by atoms with Crippen molar-refractivity contribution in [1.29, 1.82) is 0 Å². The van der Waals surface area contributed by atoms with Gasteiger partial charge in [-0.15, -0.1) is 5.10 Å². The van der Waals surface area contributed by atoms with Crippen LogP contribution in [0.3, 0.4) is 0 Å². The van der Waals surface area contributed by atoms with Crippen molar-refractivity contribution in [3.63, 3.8) is 0 Å². The minimum absolute atomic E-state index is 0.708. The number of hydrogen-bond acceptors (Lipinski definition) is 5. The minimum Gasteiger partial charge on any atom is -0.339 e. The molecule has 0 atom stereocenters. The highest BCUT2D eigenvalue weighted by molar-refractivity contribution is 9.10. The maximum atomic E-state index is 4.60. The van der Waals surface area contributed by atoms with Gasteiger partial charge in [0.2, 0.25) is 5.95 Å². The third-order valence-electron chi connectivity index (χ3n) is 4.00. The van der Waals surface area contributed by atoms with Crippen LogP contribution in [-0.2, 0) is 0 Å². The summed E-state index contributed by atoms with van der Waals surface area (Å²) >= 11 is 3.57. The highest BCUT2D eigenvalue weighted by atomic mass is 79.9. The topological polar surface area (TPSA) is 53.9 Å². The Balaban J connectivity index is 1.76. The molecule has 0 amide bonds. The fourth-order valence-corrected chi connectivity index (χ4v) is 3.15. The number of aromatic nitrogens is 3. The molecule has 5 nitrogen and oxygen atoms in total. The molecular weight excluding hydrogens is 342 g/mol. The van der Waals surface area contributed by atoms with E-state index < -0.39 is 0 Å². The third kappa shape index (κ3) is 3.55. The normalized spacial score (nSPS) is 15.9. The first kappa shape index (κ1) is 15.2. The largest absolute Gasteiger partial charge is 0.339 e. The summed E-state index contributed by atoms with van der Waals surface area (Å²) in [5.41, 5.74) is 2.19. The van der Waals surface area contributed by atoms with Gasteiger partial charge in [-0.25, -0.2) is 0 Å². The average molecular weight is 362 g/mol. The predicted octanol–water partition coefficient (Wildman–Crippen LogP) is 3.92. The van der Waals surface area contributed by atoms with E-state index in [1.165, 1.54) is 18.4 Å². The van der Waals surface area contributed by atoms with E-state index in [0.29, 0.717) is 11.8 Å². The van der Waals surface area contributed by atoms with Gasteiger partial charge in [0.1, 0.15) is 0 Å². The van der Waals surface area contributed by atoms with Crippen molar-refractivity contribution >= 4 is 33.4 Å². The smallest absolute Gasteiger partial charge is 0.247 e. The van der Waals surface area contributed by atoms with Gasteiger partial charge in [-0.05, 0) is 59.3 Å². The molecule has 0 aliphatic carbocycles. The van der Waals surface area contributed by atoms with Crippen molar-refractivity contribution in [2.24, 2.45) is 5.92 Å². The Bertz CT molecular complexity index is 653. The number of benzene rings is 1. The Labute approximate surface area is 139 Å². The highest BCUT2D eigenvalue weighted by Gasteiger charge is 2.18. The Morgan fingerprint density at radius 3 is 2.77 bits per heavy atom. The van der Waals surface area contributed by atoms with Crippen LogP contribution in [0.15, 0.2) is 28.9 Å². The summed E-state index contributed by atoms with van der Waals surface area (Å²) in [5, 5.41) is 11.6. The molecule has 1 fully saturated rings. The van der Waals surface area contributed by atoms with E-state index in [-0.39, 0.29) is 0 Å². The number of rotatable bonds is 3. The van der Waals surface area contributed by atoms with E-state index in [2.05, 4.69) is 67.3 Å². The number of nitrogens with zero attached hydrogens (tertiary/aromatic N) is 4. The summed E-state index contributed by atoms with van der Waals surface area (Å²) in [7, 11) is 0. The number of halogens is 1. The Hall–Kier alpha value is -1.69. The maximum absolute atomic E-state index is 4.60. The maximum Gasteiger partial charge on any atom is 0.247 e. The molecule has 2 heterocycles. The third-order valence-corrected chi connectivity index (χ3v) is 4.66. The lowest BCUT2D eigenvalue weighted by Gasteiger charge is -2.29. The second-order valence-electron chi connectivity index (χ2n) is 5.92. The van der Waals surface area contributed by atoms with Gasteiger partial charge in [0.15, 0.2) is 5.82 Å². The monoisotopic (exact) mass is 361 g/mol. The number of nitrogens with one attached hydrogen (secondary N) is 1. The molecule has 1 aliphatic rings. The van der Waals surface area contributed by atoms with Gasteiger partial charge in [0.25, 0.3) is 0 Å². The van der Waals surface area contributed by atoms with Gasteiger partial charge in [-0.3, -0.25) is 0 Å². The first-order valence-electron chi connectivity index (χ1n) is 7.59. The summed E-state index contributed by atoms with van der Waals surface area (Å²) in [5.74, 6) is 2.21. The van der Waals surface area contributed by atoms with Crippen LogP contribution in [0.1, 0.15) is 25.3 Å². The van der Waals surface area contributed by atoms with Crippen molar-refractivity contribution in [2.75, 3.05) is 23.3 Å². The summed E-state index contributed by atoms with van der Waals surface area (Å²) in [6.45, 7) is 6.36. The quantitative estimate of drug-likeness (QED) is 0.897.